The summed E-state index contributed by atoms with van der Waals surface area (Å²) in [5.74, 6) is 0.912. The summed E-state index contributed by atoms with van der Waals surface area (Å²) in [5, 5.41) is 8.46. The molecule has 60 heavy (non-hydrogen) atoms. The summed E-state index contributed by atoms with van der Waals surface area (Å²) < 4.78 is 74.1. The zero-order chi connectivity index (χ0) is 42.9. The van der Waals surface area contributed by atoms with Crippen LogP contribution in [0.5, 0.6) is 5.75 Å². The van der Waals surface area contributed by atoms with Gasteiger partial charge in [-0.2, -0.15) is 4.20 Å². The van der Waals surface area contributed by atoms with Gasteiger partial charge in [0.05, 0.1) is 131 Å². The van der Waals surface area contributed by atoms with Gasteiger partial charge in [-0.1, -0.05) is 121 Å². The molecule has 0 aliphatic heterocycles. The Morgan fingerprint density at radius 1 is 0.533 bits per heavy atom. The average molecular weight is 876 g/mol. The molecular formula is C44H79FN3O11P. The van der Waals surface area contributed by atoms with Crippen LogP contribution >= 0.6 is 7.68 Å². The van der Waals surface area contributed by atoms with Gasteiger partial charge < -0.3 is 47.5 Å². The van der Waals surface area contributed by atoms with E-state index in [0.29, 0.717) is 99.0 Å². The summed E-state index contributed by atoms with van der Waals surface area (Å²) in [7, 11) is -4.51. The lowest BCUT2D eigenvalue weighted by Crippen LogP contribution is -2.15. The second kappa shape index (κ2) is 39.8. The van der Waals surface area contributed by atoms with Crippen LogP contribution in [0, 0.1) is 0 Å². The molecule has 0 fully saturated rings. The minimum absolute atomic E-state index is 0.118. The smallest absolute Gasteiger partial charge is 0.367 e. The van der Waals surface area contributed by atoms with Crippen molar-refractivity contribution in [2.45, 2.75) is 123 Å². The summed E-state index contributed by atoms with van der Waals surface area (Å²) in [5.41, 5.74) is 1.91. The van der Waals surface area contributed by atoms with E-state index in [1.807, 2.05) is 23.0 Å². The molecule has 16 heteroatoms. The highest BCUT2D eigenvalue weighted by atomic mass is 31.2. The second-order valence-corrected chi connectivity index (χ2v) is 16.6. The zero-order valence-corrected chi connectivity index (χ0v) is 37.7. The Hall–Kier alpha value is -2.04. The van der Waals surface area contributed by atoms with Crippen LogP contribution in [0.15, 0.2) is 30.5 Å². The molecule has 1 aromatic carbocycles. The standard InChI is InChI=1S/C44H79FN3O11P/c1-2-3-4-5-6-7-8-9-10-11-12-13-14-15-16-17-22-59-44-20-18-42(19-21-44)39-48-40-43(46-47-48)41-58-36-35-56-32-31-54-28-27-52-24-23-51-25-26-53-29-30-55-33-34-57-37-38-60(45,49)50/h18-21,40H,2-17,22-39,41H2,1H3,(H,49,50). The van der Waals surface area contributed by atoms with E-state index in [1.165, 1.54) is 96.3 Å². The maximum atomic E-state index is 12.4. The molecule has 1 unspecified atom stereocenters. The molecule has 0 amide bonds. The van der Waals surface area contributed by atoms with E-state index < -0.39 is 13.8 Å². The summed E-state index contributed by atoms with van der Waals surface area (Å²) in [6, 6.07) is 8.23. The molecule has 1 heterocycles. The molecular weight excluding hydrogens is 796 g/mol. The Kier molecular flexibility index (Phi) is 35.9. The van der Waals surface area contributed by atoms with Gasteiger partial charge in [-0.3, -0.25) is 4.57 Å². The minimum Gasteiger partial charge on any atom is -0.494 e. The number of hydrogen-bond acceptors (Lipinski definition) is 12. The fourth-order valence-corrected chi connectivity index (χ4v) is 6.45. The molecule has 1 aromatic heterocycles. The SMILES string of the molecule is CCCCCCCCCCCCCCCCCCOc1ccc(Cn2cc(COCCOCCOCCOCCOCCOCCOCCOCCP(=O)(O)F)nn2)cc1. The molecule has 2 aromatic rings. The highest BCUT2D eigenvalue weighted by Crippen LogP contribution is 2.41. The molecule has 0 saturated heterocycles. The lowest BCUT2D eigenvalue weighted by atomic mass is 10.0. The summed E-state index contributed by atoms with van der Waals surface area (Å²) >= 11 is 0. The first-order chi connectivity index (χ1) is 29.5. The Balaban J connectivity index is 1.29. The van der Waals surface area contributed by atoms with Crippen LogP contribution < -0.4 is 4.74 Å². The number of aromatic nitrogens is 3. The molecule has 14 nitrogen and oxygen atoms in total. The molecule has 0 aliphatic carbocycles. The van der Waals surface area contributed by atoms with Crippen LogP contribution in [0.4, 0.5) is 4.20 Å². The first kappa shape index (κ1) is 54.1. The van der Waals surface area contributed by atoms with E-state index in [0.717, 1.165) is 30.0 Å². The molecule has 1 N–H and O–H groups in total. The minimum atomic E-state index is -4.51. The Labute approximate surface area is 360 Å². The van der Waals surface area contributed by atoms with Gasteiger partial charge >= 0.3 is 7.68 Å². The number of rotatable bonds is 46. The third-order valence-corrected chi connectivity index (χ3v) is 10.2. The van der Waals surface area contributed by atoms with Gasteiger partial charge in [0.25, 0.3) is 0 Å². The normalized spacial score (nSPS) is 12.7. The first-order valence-corrected chi connectivity index (χ1v) is 24.4. The van der Waals surface area contributed by atoms with E-state index >= 15 is 0 Å². The maximum absolute atomic E-state index is 12.4. The van der Waals surface area contributed by atoms with Crippen LogP contribution in [0.25, 0.3) is 0 Å². The molecule has 0 radical (unpaired) electrons. The van der Waals surface area contributed by atoms with Gasteiger partial charge in [0.1, 0.15) is 11.4 Å². The molecule has 0 saturated carbocycles. The quantitative estimate of drug-likeness (QED) is 0.0499. The van der Waals surface area contributed by atoms with Gasteiger partial charge in [-0.25, -0.2) is 4.68 Å². The number of ether oxygens (including phenoxy) is 9. The summed E-state index contributed by atoms with van der Waals surface area (Å²) in [6.07, 6.45) is 23.3. The lowest BCUT2D eigenvalue weighted by molar-refractivity contribution is -0.0234. The predicted octanol–water partition coefficient (Wildman–Crippen LogP) is 8.75. The van der Waals surface area contributed by atoms with E-state index in [4.69, 9.17) is 47.5 Å². The van der Waals surface area contributed by atoms with Crippen molar-refractivity contribution in [3.8, 4) is 5.75 Å². The Morgan fingerprint density at radius 3 is 1.33 bits per heavy atom. The number of halogens is 1. The maximum Gasteiger partial charge on any atom is 0.367 e. The first-order valence-electron chi connectivity index (χ1n) is 22.7. The van der Waals surface area contributed by atoms with Crippen molar-refractivity contribution in [3.63, 3.8) is 0 Å². The van der Waals surface area contributed by atoms with Crippen LogP contribution in [-0.4, -0.2) is 132 Å². The van der Waals surface area contributed by atoms with Crippen molar-refractivity contribution >= 4 is 7.68 Å². The van der Waals surface area contributed by atoms with Crippen LogP contribution in [0.1, 0.15) is 121 Å². The van der Waals surface area contributed by atoms with Crippen molar-refractivity contribution in [2.24, 2.45) is 0 Å². The van der Waals surface area contributed by atoms with E-state index in [1.54, 1.807) is 0 Å². The highest BCUT2D eigenvalue weighted by molar-refractivity contribution is 7.52. The van der Waals surface area contributed by atoms with Crippen molar-refractivity contribution in [2.75, 3.05) is 112 Å². The number of unbranched alkanes of at least 4 members (excludes halogenated alkanes) is 15. The van der Waals surface area contributed by atoms with Crippen molar-refractivity contribution in [1.82, 2.24) is 15.0 Å². The van der Waals surface area contributed by atoms with Crippen LogP contribution in [0.3, 0.4) is 0 Å². The molecule has 0 aliphatic rings. The Morgan fingerprint density at radius 2 is 0.917 bits per heavy atom. The summed E-state index contributed by atoms with van der Waals surface area (Å²) in [4.78, 5) is 8.51. The fraction of sp³-hybridized carbons (Fsp3) is 0.818. The molecule has 0 spiro atoms. The average Bonchev–Trinajstić information content (AvgIpc) is 3.68. The zero-order valence-electron chi connectivity index (χ0n) is 36.8. The number of benzene rings is 1. The fourth-order valence-electron chi connectivity index (χ4n) is 6.09. The monoisotopic (exact) mass is 876 g/mol. The van der Waals surface area contributed by atoms with Gasteiger partial charge in [-0.05, 0) is 24.1 Å². The van der Waals surface area contributed by atoms with Gasteiger partial charge in [0.15, 0.2) is 0 Å². The van der Waals surface area contributed by atoms with Gasteiger partial charge in [0.2, 0.25) is 0 Å². The second-order valence-electron chi connectivity index (χ2n) is 14.9. The van der Waals surface area contributed by atoms with E-state index in [9.17, 15) is 8.76 Å². The topological polar surface area (TPSA) is 151 Å². The van der Waals surface area contributed by atoms with Gasteiger partial charge in [0, 0.05) is 0 Å². The summed E-state index contributed by atoms with van der Waals surface area (Å²) in [6.45, 7) is 9.84. The van der Waals surface area contributed by atoms with E-state index in [2.05, 4.69) is 29.4 Å². The molecule has 1 atom stereocenters. The third-order valence-electron chi connectivity index (χ3n) is 9.49. The number of hydrogen-bond donors (Lipinski definition) is 1. The van der Waals surface area contributed by atoms with Crippen molar-refractivity contribution in [1.29, 1.82) is 0 Å². The molecule has 0 bridgehead atoms. The largest absolute Gasteiger partial charge is 0.494 e. The van der Waals surface area contributed by atoms with Crippen molar-refractivity contribution < 1.29 is 56.3 Å². The van der Waals surface area contributed by atoms with Crippen LogP contribution in [-0.2, 0) is 55.6 Å². The third kappa shape index (κ3) is 35.5. The van der Waals surface area contributed by atoms with Gasteiger partial charge in [-0.15, -0.1) is 5.10 Å². The van der Waals surface area contributed by atoms with Crippen molar-refractivity contribution in [3.05, 3.63) is 41.7 Å². The van der Waals surface area contributed by atoms with Crippen LogP contribution in [0.2, 0.25) is 0 Å². The lowest BCUT2D eigenvalue weighted by Gasteiger charge is -2.08. The highest BCUT2D eigenvalue weighted by Gasteiger charge is 2.14. The number of nitrogens with zero attached hydrogens (tertiary/aromatic N) is 3. The molecule has 348 valence electrons. The predicted molar refractivity (Wildman–Crippen MR) is 232 cm³/mol. The Bertz CT molecular complexity index is 1260. The van der Waals surface area contributed by atoms with E-state index in [-0.39, 0.29) is 13.2 Å². The molecule has 2 rings (SSSR count).